The first-order chi connectivity index (χ1) is 11.1. The standard InChI is InChI=1S/C18H22ClN3O/c1-22-11-10-20-18(22)17(14-6-8-15(19)9-7-14)21-16(23)12-13-4-2-3-5-13/h6-11,13,17H,2-5,12H2,1H3,(H,21,23)/t17-/m0/s1. The molecular formula is C18H22ClN3O. The van der Waals surface area contributed by atoms with E-state index in [1.807, 2.05) is 42.1 Å². The van der Waals surface area contributed by atoms with Crippen molar-refractivity contribution in [3.05, 3.63) is 53.1 Å². The van der Waals surface area contributed by atoms with Crippen molar-refractivity contribution in [2.24, 2.45) is 13.0 Å². The van der Waals surface area contributed by atoms with Crippen LogP contribution in [-0.2, 0) is 11.8 Å². The second-order valence-corrected chi connectivity index (χ2v) is 6.74. The molecule has 0 unspecified atom stereocenters. The Bertz CT molecular complexity index is 659. The lowest BCUT2D eigenvalue weighted by Crippen LogP contribution is -2.32. The molecule has 0 bridgehead atoms. The molecule has 1 aromatic carbocycles. The number of nitrogens with zero attached hydrogens (tertiary/aromatic N) is 2. The zero-order valence-corrected chi connectivity index (χ0v) is 14.1. The molecule has 1 atom stereocenters. The lowest BCUT2D eigenvalue weighted by molar-refractivity contribution is -0.122. The summed E-state index contributed by atoms with van der Waals surface area (Å²) in [5, 5.41) is 3.84. The first kappa shape index (κ1) is 16.1. The third-order valence-corrected chi connectivity index (χ3v) is 4.83. The predicted molar refractivity (Wildman–Crippen MR) is 91.2 cm³/mol. The average molecular weight is 332 g/mol. The number of aromatic nitrogens is 2. The molecule has 1 heterocycles. The Labute approximate surface area is 141 Å². The van der Waals surface area contributed by atoms with Crippen molar-refractivity contribution >= 4 is 17.5 Å². The van der Waals surface area contributed by atoms with E-state index in [1.165, 1.54) is 25.7 Å². The highest BCUT2D eigenvalue weighted by Crippen LogP contribution is 2.28. The fourth-order valence-corrected chi connectivity index (χ4v) is 3.43. The molecule has 5 heteroatoms. The number of rotatable bonds is 5. The van der Waals surface area contributed by atoms with Gasteiger partial charge in [-0.2, -0.15) is 0 Å². The molecule has 0 aliphatic heterocycles. The molecule has 1 aromatic heterocycles. The van der Waals surface area contributed by atoms with Gasteiger partial charge in [0.2, 0.25) is 5.91 Å². The Balaban J connectivity index is 1.79. The van der Waals surface area contributed by atoms with Gasteiger partial charge >= 0.3 is 0 Å². The van der Waals surface area contributed by atoms with Crippen LogP contribution in [0.2, 0.25) is 5.02 Å². The van der Waals surface area contributed by atoms with Crippen LogP contribution in [0, 0.1) is 5.92 Å². The molecule has 1 N–H and O–H groups in total. The maximum absolute atomic E-state index is 12.5. The molecule has 1 fully saturated rings. The van der Waals surface area contributed by atoms with Gasteiger partial charge in [-0.1, -0.05) is 36.6 Å². The van der Waals surface area contributed by atoms with Crippen LogP contribution >= 0.6 is 11.6 Å². The van der Waals surface area contributed by atoms with Crippen molar-refractivity contribution in [1.82, 2.24) is 14.9 Å². The zero-order chi connectivity index (χ0) is 16.2. The summed E-state index contributed by atoms with van der Waals surface area (Å²) in [4.78, 5) is 16.9. The summed E-state index contributed by atoms with van der Waals surface area (Å²) in [6.07, 6.45) is 9.08. The van der Waals surface area contributed by atoms with Crippen molar-refractivity contribution in [2.45, 2.75) is 38.1 Å². The second-order valence-electron chi connectivity index (χ2n) is 6.30. The Hall–Kier alpha value is -1.81. The summed E-state index contributed by atoms with van der Waals surface area (Å²) in [5.74, 6) is 1.45. The fourth-order valence-electron chi connectivity index (χ4n) is 3.30. The van der Waals surface area contributed by atoms with Crippen molar-refractivity contribution in [3.63, 3.8) is 0 Å². The van der Waals surface area contributed by atoms with Gasteiger partial charge in [0.1, 0.15) is 11.9 Å². The quantitative estimate of drug-likeness (QED) is 0.904. The second kappa shape index (κ2) is 7.18. The lowest BCUT2D eigenvalue weighted by Gasteiger charge is -2.20. The van der Waals surface area contributed by atoms with Crippen LogP contribution in [0.15, 0.2) is 36.7 Å². The Morgan fingerprint density at radius 1 is 1.35 bits per heavy atom. The van der Waals surface area contributed by atoms with Crippen molar-refractivity contribution in [1.29, 1.82) is 0 Å². The minimum atomic E-state index is -0.249. The molecule has 0 radical (unpaired) electrons. The van der Waals surface area contributed by atoms with Gasteiger partial charge in [-0.05, 0) is 36.5 Å². The van der Waals surface area contributed by atoms with Gasteiger partial charge in [0.25, 0.3) is 0 Å². The van der Waals surface area contributed by atoms with Gasteiger partial charge in [-0.15, -0.1) is 0 Å². The molecule has 3 rings (SSSR count). The van der Waals surface area contributed by atoms with Crippen molar-refractivity contribution in [2.75, 3.05) is 0 Å². The Kier molecular flexibility index (Phi) is 5.01. The molecule has 4 nitrogen and oxygen atoms in total. The number of aryl methyl sites for hydroxylation is 1. The molecule has 1 amide bonds. The van der Waals surface area contributed by atoms with E-state index >= 15 is 0 Å². The highest BCUT2D eigenvalue weighted by molar-refractivity contribution is 6.30. The highest BCUT2D eigenvalue weighted by atomic mass is 35.5. The summed E-state index contributed by atoms with van der Waals surface area (Å²) < 4.78 is 1.94. The number of nitrogens with one attached hydrogen (secondary N) is 1. The van der Waals surface area contributed by atoms with E-state index in [0.717, 1.165) is 11.4 Å². The number of carbonyl (C=O) groups excluding carboxylic acids is 1. The van der Waals surface area contributed by atoms with E-state index in [1.54, 1.807) is 6.20 Å². The van der Waals surface area contributed by atoms with Crippen molar-refractivity contribution < 1.29 is 4.79 Å². The van der Waals surface area contributed by atoms with Crippen LogP contribution in [0.1, 0.15) is 49.5 Å². The highest BCUT2D eigenvalue weighted by Gasteiger charge is 2.23. The molecule has 1 aliphatic carbocycles. The van der Waals surface area contributed by atoms with Crippen LogP contribution < -0.4 is 5.32 Å². The molecule has 1 aliphatic rings. The number of benzene rings is 1. The molecule has 2 aromatic rings. The SMILES string of the molecule is Cn1ccnc1[C@@H](NC(=O)CC1CCCC1)c1ccc(Cl)cc1. The molecule has 1 saturated carbocycles. The van der Waals surface area contributed by atoms with Gasteiger partial charge < -0.3 is 9.88 Å². The minimum Gasteiger partial charge on any atom is -0.342 e. The smallest absolute Gasteiger partial charge is 0.221 e. The summed E-state index contributed by atoms with van der Waals surface area (Å²) in [6.45, 7) is 0. The van der Waals surface area contributed by atoms with Crippen molar-refractivity contribution in [3.8, 4) is 0 Å². The number of imidazole rings is 1. The van der Waals surface area contributed by atoms with Crippen LogP contribution in [0.5, 0.6) is 0 Å². The minimum absolute atomic E-state index is 0.0971. The van der Waals surface area contributed by atoms with E-state index in [4.69, 9.17) is 11.6 Å². The van der Waals surface area contributed by atoms with Crippen LogP contribution in [0.25, 0.3) is 0 Å². The van der Waals surface area contributed by atoms with Gasteiger partial charge in [-0.25, -0.2) is 4.98 Å². The molecule has 122 valence electrons. The number of hydrogen-bond donors (Lipinski definition) is 1. The Morgan fingerprint density at radius 3 is 2.65 bits per heavy atom. The first-order valence-corrected chi connectivity index (χ1v) is 8.53. The first-order valence-electron chi connectivity index (χ1n) is 8.15. The summed E-state index contributed by atoms with van der Waals surface area (Å²) in [5.41, 5.74) is 0.989. The van der Waals surface area contributed by atoms with Gasteiger partial charge in [0.15, 0.2) is 0 Å². The number of hydrogen-bond acceptors (Lipinski definition) is 2. The van der Waals surface area contributed by atoms with E-state index in [0.29, 0.717) is 17.4 Å². The largest absolute Gasteiger partial charge is 0.342 e. The summed E-state index contributed by atoms with van der Waals surface area (Å²) in [7, 11) is 1.94. The summed E-state index contributed by atoms with van der Waals surface area (Å²) >= 11 is 5.98. The average Bonchev–Trinajstić information content (AvgIpc) is 3.18. The third kappa shape index (κ3) is 3.94. The maximum atomic E-state index is 12.5. The topological polar surface area (TPSA) is 46.9 Å². The predicted octanol–water partition coefficient (Wildman–Crippen LogP) is 3.86. The number of carbonyl (C=O) groups is 1. The Morgan fingerprint density at radius 2 is 2.04 bits per heavy atom. The van der Waals surface area contributed by atoms with Crippen LogP contribution in [-0.4, -0.2) is 15.5 Å². The normalized spacial score (nSPS) is 16.4. The monoisotopic (exact) mass is 331 g/mol. The van der Waals surface area contributed by atoms with Gasteiger partial charge in [-0.3, -0.25) is 4.79 Å². The van der Waals surface area contributed by atoms with E-state index < -0.39 is 0 Å². The zero-order valence-electron chi connectivity index (χ0n) is 13.3. The number of halogens is 1. The summed E-state index contributed by atoms with van der Waals surface area (Å²) in [6, 6.07) is 7.32. The van der Waals surface area contributed by atoms with Gasteiger partial charge in [0.05, 0.1) is 0 Å². The van der Waals surface area contributed by atoms with Crippen LogP contribution in [0.3, 0.4) is 0 Å². The number of amides is 1. The third-order valence-electron chi connectivity index (χ3n) is 4.57. The molecule has 0 saturated heterocycles. The maximum Gasteiger partial charge on any atom is 0.221 e. The lowest BCUT2D eigenvalue weighted by atomic mass is 10.0. The van der Waals surface area contributed by atoms with E-state index in [9.17, 15) is 4.79 Å². The van der Waals surface area contributed by atoms with E-state index in [-0.39, 0.29) is 11.9 Å². The molecule has 23 heavy (non-hydrogen) atoms. The van der Waals surface area contributed by atoms with Crippen LogP contribution in [0.4, 0.5) is 0 Å². The van der Waals surface area contributed by atoms with E-state index in [2.05, 4.69) is 10.3 Å². The van der Waals surface area contributed by atoms with Gasteiger partial charge in [0, 0.05) is 30.9 Å². The molecular weight excluding hydrogens is 310 g/mol. The fraction of sp³-hybridized carbons (Fsp3) is 0.444. The molecule has 0 spiro atoms.